The molecular formula is C14H24IN3O2S. The maximum Gasteiger partial charge on any atom is 0.193 e. The Kier molecular flexibility index (Phi) is 7.14. The average molecular weight is 425 g/mol. The van der Waals surface area contributed by atoms with Gasteiger partial charge in [-0.25, -0.2) is 8.42 Å². The summed E-state index contributed by atoms with van der Waals surface area (Å²) in [4.78, 5) is 4.11. The zero-order valence-corrected chi connectivity index (χ0v) is 16.2. The third kappa shape index (κ3) is 5.82. The summed E-state index contributed by atoms with van der Waals surface area (Å²) in [6.07, 6.45) is 1.20. The van der Waals surface area contributed by atoms with Crippen molar-refractivity contribution in [3.05, 3.63) is 29.3 Å². The molecule has 21 heavy (non-hydrogen) atoms. The zero-order valence-electron chi connectivity index (χ0n) is 13.1. The van der Waals surface area contributed by atoms with Crippen LogP contribution in [0.4, 0.5) is 5.69 Å². The Morgan fingerprint density at radius 1 is 1.29 bits per heavy atom. The molecule has 1 aromatic carbocycles. The van der Waals surface area contributed by atoms with Crippen LogP contribution in [0.5, 0.6) is 0 Å². The molecule has 0 heterocycles. The standard InChI is InChI=1S/C14H23N3O2S.HI/c1-10-6-7-12(8-11(10)2)17-13(15)16-9-14(3,4)20(5,18)19;/h6-8H,9H2,1-5H3,(H3,15,16,17);1H. The van der Waals surface area contributed by atoms with Crippen LogP contribution in [0.2, 0.25) is 0 Å². The highest BCUT2D eigenvalue weighted by molar-refractivity contribution is 14.0. The zero-order chi connectivity index (χ0) is 15.6. The first-order valence-corrected chi connectivity index (χ1v) is 8.26. The molecule has 3 N–H and O–H groups in total. The Bertz CT molecular complexity index is 625. The number of anilines is 1. The molecule has 0 radical (unpaired) electrons. The molecule has 0 bridgehead atoms. The molecule has 0 atom stereocenters. The normalized spacial score (nSPS) is 12.7. The molecule has 7 heteroatoms. The van der Waals surface area contributed by atoms with E-state index in [2.05, 4.69) is 10.3 Å². The van der Waals surface area contributed by atoms with Crippen molar-refractivity contribution in [3.63, 3.8) is 0 Å². The fourth-order valence-electron chi connectivity index (χ4n) is 1.40. The third-order valence-corrected chi connectivity index (χ3v) is 5.55. The van der Waals surface area contributed by atoms with Gasteiger partial charge in [0.1, 0.15) is 0 Å². The van der Waals surface area contributed by atoms with E-state index in [0.717, 1.165) is 11.3 Å². The van der Waals surface area contributed by atoms with Crippen molar-refractivity contribution in [2.24, 2.45) is 10.7 Å². The van der Waals surface area contributed by atoms with Crippen molar-refractivity contribution in [1.82, 2.24) is 0 Å². The molecule has 0 spiro atoms. The maximum atomic E-state index is 11.6. The number of hydrogen-bond acceptors (Lipinski definition) is 3. The number of nitrogens with two attached hydrogens (primary N) is 1. The van der Waals surface area contributed by atoms with Crippen molar-refractivity contribution in [1.29, 1.82) is 0 Å². The van der Waals surface area contributed by atoms with Crippen LogP contribution in [0.1, 0.15) is 25.0 Å². The third-order valence-electron chi connectivity index (χ3n) is 3.41. The van der Waals surface area contributed by atoms with Gasteiger partial charge in [-0.2, -0.15) is 0 Å². The van der Waals surface area contributed by atoms with Crippen molar-refractivity contribution >= 4 is 45.5 Å². The summed E-state index contributed by atoms with van der Waals surface area (Å²) >= 11 is 0. The molecule has 0 saturated heterocycles. The number of rotatable bonds is 4. The first-order chi connectivity index (χ1) is 9.03. The molecular weight excluding hydrogens is 401 g/mol. The summed E-state index contributed by atoms with van der Waals surface area (Å²) in [5.74, 6) is 0.213. The van der Waals surface area contributed by atoms with Crippen molar-refractivity contribution in [2.75, 3.05) is 18.1 Å². The predicted octanol–water partition coefficient (Wildman–Crippen LogP) is 2.47. The molecule has 0 unspecified atom stereocenters. The lowest BCUT2D eigenvalue weighted by atomic mass is 10.1. The number of aryl methyl sites for hydroxylation is 2. The Hall–Kier alpha value is -0.830. The molecule has 0 amide bonds. The lowest BCUT2D eigenvalue weighted by Gasteiger charge is -2.20. The highest BCUT2D eigenvalue weighted by Gasteiger charge is 2.29. The molecule has 120 valence electrons. The summed E-state index contributed by atoms with van der Waals surface area (Å²) < 4.78 is 22.2. The van der Waals surface area contributed by atoms with Crippen LogP contribution in [0.15, 0.2) is 23.2 Å². The van der Waals surface area contributed by atoms with Gasteiger partial charge in [-0.1, -0.05) is 6.07 Å². The SMILES string of the molecule is Cc1ccc(NC(N)=NCC(C)(C)S(C)(=O)=O)cc1C.I. The Morgan fingerprint density at radius 2 is 1.86 bits per heavy atom. The molecule has 5 nitrogen and oxygen atoms in total. The molecule has 0 aromatic heterocycles. The second-order valence-electron chi connectivity index (χ2n) is 5.66. The number of halogens is 1. The Balaban J connectivity index is 0.00000400. The van der Waals surface area contributed by atoms with Gasteiger partial charge < -0.3 is 11.1 Å². The Labute approximate surface area is 144 Å². The quantitative estimate of drug-likeness (QED) is 0.441. The van der Waals surface area contributed by atoms with Crippen LogP contribution in [-0.2, 0) is 9.84 Å². The number of nitrogens with one attached hydrogen (secondary N) is 1. The molecule has 0 saturated carbocycles. The summed E-state index contributed by atoms with van der Waals surface area (Å²) in [7, 11) is -3.17. The largest absolute Gasteiger partial charge is 0.370 e. The monoisotopic (exact) mass is 425 g/mol. The maximum absolute atomic E-state index is 11.6. The Morgan fingerprint density at radius 3 is 2.33 bits per heavy atom. The van der Waals surface area contributed by atoms with Crippen LogP contribution >= 0.6 is 24.0 Å². The molecule has 0 fully saturated rings. The van der Waals surface area contributed by atoms with Crippen molar-refractivity contribution in [3.8, 4) is 0 Å². The molecule has 0 aliphatic rings. The van der Waals surface area contributed by atoms with E-state index in [4.69, 9.17) is 5.73 Å². The van der Waals surface area contributed by atoms with Gasteiger partial charge >= 0.3 is 0 Å². The van der Waals surface area contributed by atoms with E-state index in [1.807, 2.05) is 32.0 Å². The minimum atomic E-state index is -3.17. The number of benzene rings is 1. The second kappa shape index (κ2) is 7.44. The fraction of sp³-hybridized carbons (Fsp3) is 0.500. The summed E-state index contributed by atoms with van der Waals surface area (Å²) in [5.41, 5.74) is 8.98. The van der Waals surface area contributed by atoms with Gasteiger partial charge in [-0.15, -0.1) is 24.0 Å². The van der Waals surface area contributed by atoms with Gasteiger partial charge in [0.05, 0.1) is 11.3 Å². The van der Waals surface area contributed by atoms with Crippen LogP contribution in [0, 0.1) is 13.8 Å². The summed E-state index contributed by atoms with van der Waals surface area (Å²) in [6.45, 7) is 7.44. The summed E-state index contributed by atoms with van der Waals surface area (Å²) in [6, 6.07) is 5.87. The van der Waals surface area contributed by atoms with Gasteiger partial charge in [0.15, 0.2) is 15.8 Å². The van der Waals surface area contributed by atoms with E-state index in [0.29, 0.717) is 0 Å². The topological polar surface area (TPSA) is 84.5 Å². The van der Waals surface area contributed by atoms with Gasteiger partial charge in [0.25, 0.3) is 0 Å². The highest BCUT2D eigenvalue weighted by Crippen LogP contribution is 2.16. The highest BCUT2D eigenvalue weighted by atomic mass is 127. The van der Waals surface area contributed by atoms with Crippen LogP contribution in [0.25, 0.3) is 0 Å². The average Bonchev–Trinajstić information content (AvgIpc) is 2.30. The fourth-order valence-corrected chi connectivity index (χ4v) is 1.70. The molecule has 0 aliphatic carbocycles. The van der Waals surface area contributed by atoms with Gasteiger partial charge in [-0.05, 0) is 51.0 Å². The van der Waals surface area contributed by atoms with E-state index in [9.17, 15) is 8.42 Å². The van der Waals surface area contributed by atoms with E-state index in [1.54, 1.807) is 13.8 Å². The minimum absolute atomic E-state index is 0. The minimum Gasteiger partial charge on any atom is -0.370 e. The summed E-state index contributed by atoms with van der Waals surface area (Å²) in [5, 5.41) is 2.97. The van der Waals surface area contributed by atoms with Gasteiger partial charge in [0, 0.05) is 11.9 Å². The van der Waals surface area contributed by atoms with E-state index < -0.39 is 14.6 Å². The molecule has 1 aromatic rings. The van der Waals surface area contributed by atoms with Gasteiger partial charge in [-0.3, -0.25) is 4.99 Å². The lowest BCUT2D eigenvalue weighted by molar-refractivity contribution is 0.555. The number of sulfone groups is 1. The number of guanidine groups is 1. The second-order valence-corrected chi connectivity index (χ2v) is 8.31. The first kappa shape index (κ1) is 20.2. The number of hydrogen-bond donors (Lipinski definition) is 2. The smallest absolute Gasteiger partial charge is 0.193 e. The lowest BCUT2D eigenvalue weighted by Crippen LogP contribution is -2.36. The number of nitrogens with zero attached hydrogens (tertiary/aromatic N) is 1. The van der Waals surface area contributed by atoms with Gasteiger partial charge in [0.2, 0.25) is 0 Å². The van der Waals surface area contributed by atoms with E-state index in [-0.39, 0.29) is 36.5 Å². The molecule has 0 aliphatic heterocycles. The number of aliphatic imine (C=N–C) groups is 1. The predicted molar refractivity (Wildman–Crippen MR) is 100 cm³/mol. The van der Waals surface area contributed by atoms with Crippen LogP contribution in [-0.4, -0.2) is 31.9 Å². The van der Waals surface area contributed by atoms with Crippen molar-refractivity contribution in [2.45, 2.75) is 32.4 Å². The van der Waals surface area contributed by atoms with E-state index >= 15 is 0 Å². The van der Waals surface area contributed by atoms with Crippen LogP contribution < -0.4 is 11.1 Å². The van der Waals surface area contributed by atoms with Crippen molar-refractivity contribution < 1.29 is 8.42 Å². The molecule has 1 rings (SSSR count). The van der Waals surface area contributed by atoms with E-state index in [1.165, 1.54) is 11.8 Å². The first-order valence-electron chi connectivity index (χ1n) is 6.37. The van der Waals surface area contributed by atoms with Crippen LogP contribution in [0.3, 0.4) is 0 Å².